The Morgan fingerprint density at radius 2 is 1.56 bits per heavy atom. The molecule has 0 aliphatic rings. The van der Waals surface area contributed by atoms with Crippen molar-refractivity contribution < 1.29 is 0 Å². The second-order valence-corrected chi connectivity index (χ2v) is 4.96. The summed E-state index contributed by atoms with van der Waals surface area (Å²) in [6.07, 6.45) is 0. The van der Waals surface area contributed by atoms with Gasteiger partial charge in [0.2, 0.25) is 0 Å². The molecule has 0 saturated heterocycles. The Morgan fingerprint density at radius 3 is 2.11 bits per heavy atom. The standard InChI is InChI=1S/C16H18ClN/c1-11-7-6-8-12(2)15(11)16(18-3)13-9-4-5-10-14(13)17/h4-10,16,18H,1-3H3. The van der Waals surface area contributed by atoms with Crippen molar-refractivity contribution in [1.29, 1.82) is 0 Å². The van der Waals surface area contributed by atoms with Crippen LogP contribution in [0.4, 0.5) is 0 Å². The van der Waals surface area contributed by atoms with Gasteiger partial charge in [-0.05, 0) is 49.2 Å². The number of hydrogen-bond donors (Lipinski definition) is 1. The van der Waals surface area contributed by atoms with Gasteiger partial charge in [-0.1, -0.05) is 48.0 Å². The van der Waals surface area contributed by atoms with Crippen LogP contribution < -0.4 is 5.32 Å². The molecule has 0 heterocycles. The fourth-order valence-electron chi connectivity index (χ4n) is 2.45. The summed E-state index contributed by atoms with van der Waals surface area (Å²) in [5.41, 5.74) is 5.01. The summed E-state index contributed by atoms with van der Waals surface area (Å²) in [7, 11) is 1.97. The highest BCUT2D eigenvalue weighted by atomic mass is 35.5. The number of benzene rings is 2. The van der Waals surface area contributed by atoms with E-state index in [1.807, 2.05) is 25.2 Å². The van der Waals surface area contributed by atoms with Crippen LogP contribution in [0.25, 0.3) is 0 Å². The Balaban J connectivity index is 2.56. The third-order valence-electron chi connectivity index (χ3n) is 3.34. The third kappa shape index (κ3) is 2.43. The van der Waals surface area contributed by atoms with Crippen molar-refractivity contribution in [1.82, 2.24) is 5.32 Å². The van der Waals surface area contributed by atoms with E-state index in [0.29, 0.717) is 0 Å². The molecule has 18 heavy (non-hydrogen) atoms. The SMILES string of the molecule is CNC(c1ccccc1Cl)c1c(C)cccc1C. The van der Waals surface area contributed by atoms with Crippen LogP contribution in [0, 0.1) is 13.8 Å². The molecule has 0 amide bonds. The predicted molar refractivity (Wildman–Crippen MR) is 78.3 cm³/mol. The van der Waals surface area contributed by atoms with Gasteiger partial charge in [-0.3, -0.25) is 0 Å². The van der Waals surface area contributed by atoms with E-state index in [1.54, 1.807) is 0 Å². The molecular formula is C16H18ClN. The van der Waals surface area contributed by atoms with E-state index in [2.05, 4.69) is 43.4 Å². The van der Waals surface area contributed by atoms with Gasteiger partial charge in [-0.25, -0.2) is 0 Å². The molecule has 1 atom stereocenters. The highest BCUT2D eigenvalue weighted by Crippen LogP contribution is 2.31. The zero-order chi connectivity index (χ0) is 13.1. The summed E-state index contributed by atoms with van der Waals surface area (Å²) in [6, 6.07) is 14.5. The van der Waals surface area contributed by atoms with Crippen molar-refractivity contribution in [2.24, 2.45) is 0 Å². The topological polar surface area (TPSA) is 12.0 Å². The van der Waals surface area contributed by atoms with E-state index in [9.17, 15) is 0 Å². The minimum Gasteiger partial charge on any atom is -0.309 e. The van der Waals surface area contributed by atoms with Gasteiger partial charge in [0.05, 0.1) is 6.04 Å². The average molecular weight is 260 g/mol. The fourth-order valence-corrected chi connectivity index (χ4v) is 2.69. The lowest BCUT2D eigenvalue weighted by Gasteiger charge is -2.22. The lowest BCUT2D eigenvalue weighted by Crippen LogP contribution is -2.20. The molecule has 0 aliphatic carbocycles. The Hall–Kier alpha value is -1.31. The summed E-state index contributed by atoms with van der Waals surface area (Å²) in [5, 5.41) is 4.18. The first-order valence-corrected chi connectivity index (χ1v) is 6.50. The molecular weight excluding hydrogens is 242 g/mol. The number of halogens is 1. The molecule has 2 rings (SSSR count). The minimum atomic E-state index is 0.139. The van der Waals surface area contributed by atoms with Gasteiger partial charge in [-0.2, -0.15) is 0 Å². The van der Waals surface area contributed by atoms with Crippen molar-refractivity contribution in [3.05, 3.63) is 69.7 Å². The molecule has 0 aliphatic heterocycles. The third-order valence-corrected chi connectivity index (χ3v) is 3.68. The summed E-state index contributed by atoms with van der Waals surface area (Å²) >= 11 is 6.31. The van der Waals surface area contributed by atoms with Crippen molar-refractivity contribution >= 4 is 11.6 Å². The smallest absolute Gasteiger partial charge is 0.0594 e. The van der Waals surface area contributed by atoms with Crippen molar-refractivity contribution in [2.75, 3.05) is 7.05 Å². The lowest BCUT2D eigenvalue weighted by molar-refractivity contribution is 0.683. The van der Waals surface area contributed by atoms with E-state index in [4.69, 9.17) is 11.6 Å². The number of rotatable bonds is 3. The highest BCUT2D eigenvalue weighted by molar-refractivity contribution is 6.31. The molecule has 1 unspecified atom stereocenters. The molecule has 2 aromatic carbocycles. The molecule has 0 radical (unpaired) electrons. The molecule has 0 bridgehead atoms. The van der Waals surface area contributed by atoms with E-state index in [1.165, 1.54) is 16.7 Å². The summed E-state index contributed by atoms with van der Waals surface area (Å²) < 4.78 is 0. The van der Waals surface area contributed by atoms with Crippen LogP contribution in [-0.4, -0.2) is 7.05 Å². The molecule has 0 aromatic heterocycles. The lowest BCUT2D eigenvalue weighted by atomic mass is 9.91. The first kappa shape index (κ1) is 13.1. The molecule has 0 saturated carbocycles. The van der Waals surface area contributed by atoms with Crippen LogP contribution in [0.2, 0.25) is 5.02 Å². The van der Waals surface area contributed by atoms with Crippen molar-refractivity contribution in [2.45, 2.75) is 19.9 Å². The highest BCUT2D eigenvalue weighted by Gasteiger charge is 2.18. The van der Waals surface area contributed by atoms with E-state index in [-0.39, 0.29) is 6.04 Å². The van der Waals surface area contributed by atoms with Gasteiger partial charge in [0, 0.05) is 5.02 Å². The summed E-state index contributed by atoms with van der Waals surface area (Å²) in [5.74, 6) is 0. The molecule has 94 valence electrons. The predicted octanol–water partition coefficient (Wildman–Crippen LogP) is 4.27. The van der Waals surface area contributed by atoms with Gasteiger partial charge in [-0.15, -0.1) is 0 Å². The minimum absolute atomic E-state index is 0.139. The van der Waals surface area contributed by atoms with Gasteiger partial charge in [0.1, 0.15) is 0 Å². The van der Waals surface area contributed by atoms with Gasteiger partial charge >= 0.3 is 0 Å². The van der Waals surface area contributed by atoms with Gasteiger partial charge < -0.3 is 5.32 Å². The van der Waals surface area contributed by atoms with Gasteiger partial charge in [0.15, 0.2) is 0 Å². The zero-order valence-corrected chi connectivity index (χ0v) is 11.8. The van der Waals surface area contributed by atoms with Crippen LogP contribution >= 0.6 is 11.6 Å². The molecule has 2 heteroatoms. The Bertz CT molecular complexity index is 528. The number of nitrogens with one attached hydrogen (secondary N) is 1. The van der Waals surface area contributed by atoms with Crippen LogP contribution in [0.5, 0.6) is 0 Å². The molecule has 2 aromatic rings. The van der Waals surface area contributed by atoms with E-state index in [0.717, 1.165) is 10.6 Å². The normalized spacial score (nSPS) is 12.4. The second-order valence-electron chi connectivity index (χ2n) is 4.55. The average Bonchev–Trinajstić information content (AvgIpc) is 2.35. The molecule has 1 N–H and O–H groups in total. The maximum atomic E-state index is 6.31. The van der Waals surface area contributed by atoms with Crippen molar-refractivity contribution in [3.8, 4) is 0 Å². The van der Waals surface area contributed by atoms with E-state index >= 15 is 0 Å². The second kappa shape index (κ2) is 5.55. The molecule has 0 fully saturated rings. The van der Waals surface area contributed by atoms with Gasteiger partial charge in [0.25, 0.3) is 0 Å². The number of hydrogen-bond acceptors (Lipinski definition) is 1. The Labute approximate surface area is 114 Å². The molecule has 1 nitrogen and oxygen atoms in total. The zero-order valence-electron chi connectivity index (χ0n) is 11.0. The summed E-state index contributed by atoms with van der Waals surface area (Å²) in [4.78, 5) is 0. The van der Waals surface area contributed by atoms with Crippen LogP contribution in [-0.2, 0) is 0 Å². The largest absolute Gasteiger partial charge is 0.309 e. The maximum Gasteiger partial charge on any atom is 0.0594 e. The fraction of sp³-hybridized carbons (Fsp3) is 0.250. The first-order valence-electron chi connectivity index (χ1n) is 6.13. The maximum absolute atomic E-state index is 6.31. The Kier molecular flexibility index (Phi) is 4.05. The van der Waals surface area contributed by atoms with E-state index < -0.39 is 0 Å². The van der Waals surface area contributed by atoms with Crippen LogP contribution in [0.15, 0.2) is 42.5 Å². The van der Waals surface area contributed by atoms with Crippen LogP contribution in [0.3, 0.4) is 0 Å². The number of aryl methyl sites for hydroxylation is 2. The van der Waals surface area contributed by atoms with Crippen molar-refractivity contribution in [3.63, 3.8) is 0 Å². The molecule has 0 spiro atoms. The Morgan fingerprint density at radius 1 is 0.944 bits per heavy atom. The summed E-state index contributed by atoms with van der Waals surface area (Å²) in [6.45, 7) is 4.28. The monoisotopic (exact) mass is 259 g/mol. The van der Waals surface area contributed by atoms with Crippen LogP contribution in [0.1, 0.15) is 28.3 Å². The quantitative estimate of drug-likeness (QED) is 0.868. The first-order chi connectivity index (χ1) is 8.65.